The van der Waals surface area contributed by atoms with Crippen LogP contribution in [0.2, 0.25) is 0 Å². The zero-order valence-electron chi connectivity index (χ0n) is 8.29. The van der Waals surface area contributed by atoms with Gasteiger partial charge in [0, 0.05) is 33.5 Å². The third-order valence-corrected chi connectivity index (χ3v) is 4.78. The zero-order chi connectivity index (χ0) is 10.7. The number of aryl methyl sites for hydroxylation is 1. The van der Waals surface area contributed by atoms with Gasteiger partial charge in [0.15, 0.2) is 0 Å². The molecule has 2 aromatic rings. The number of rotatable bonds is 4. The lowest BCUT2D eigenvalue weighted by Gasteiger charge is -2.00. The van der Waals surface area contributed by atoms with Crippen molar-refractivity contribution >= 4 is 38.6 Å². The van der Waals surface area contributed by atoms with Crippen LogP contribution in [0.5, 0.6) is 0 Å². The maximum Gasteiger partial charge on any atom is 0.0897 e. The van der Waals surface area contributed by atoms with E-state index >= 15 is 0 Å². The first-order valence-corrected chi connectivity index (χ1v) is 7.08. The van der Waals surface area contributed by atoms with Crippen LogP contribution in [0.15, 0.2) is 22.1 Å². The highest BCUT2D eigenvalue weighted by molar-refractivity contribution is 9.10. The summed E-state index contributed by atoms with van der Waals surface area (Å²) in [4.78, 5) is 6.86. The molecule has 0 bridgehead atoms. The van der Waals surface area contributed by atoms with E-state index in [1.54, 1.807) is 22.7 Å². The van der Waals surface area contributed by atoms with Crippen LogP contribution in [0, 0.1) is 6.92 Å². The number of hydrogen-bond donors (Lipinski definition) is 1. The molecule has 0 saturated heterocycles. The molecule has 0 spiro atoms. The molecule has 0 atom stereocenters. The van der Waals surface area contributed by atoms with Gasteiger partial charge in [-0.2, -0.15) is 0 Å². The van der Waals surface area contributed by atoms with Gasteiger partial charge in [0.1, 0.15) is 0 Å². The van der Waals surface area contributed by atoms with Crippen LogP contribution >= 0.6 is 38.6 Å². The van der Waals surface area contributed by atoms with Gasteiger partial charge in [0.2, 0.25) is 0 Å². The summed E-state index contributed by atoms with van der Waals surface area (Å²) in [6.45, 7) is 3.84. The van der Waals surface area contributed by atoms with E-state index in [-0.39, 0.29) is 0 Å². The Morgan fingerprint density at radius 1 is 1.47 bits per heavy atom. The molecule has 0 radical (unpaired) electrons. The Morgan fingerprint density at radius 2 is 2.33 bits per heavy atom. The van der Waals surface area contributed by atoms with Crippen molar-refractivity contribution in [3.8, 4) is 0 Å². The number of nitrogens with one attached hydrogen (secondary N) is 1. The summed E-state index contributed by atoms with van der Waals surface area (Å²) >= 11 is 7.03. The molecule has 0 aromatic carbocycles. The molecule has 2 aromatic heterocycles. The molecule has 0 aliphatic rings. The molecule has 5 heteroatoms. The molecule has 0 saturated carbocycles. The zero-order valence-corrected chi connectivity index (χ0v) is 11.5. The lowest BCUT2D eigenvalue weighted by molar-refractivity contribution is 0.706. The first kappa shape index (κ1) is 11.3. The molecule has 2 rings (SSSR count). The lowest BCUT2D eigenvalue weighted by Crippen LogP contribution is -2.10. The highest BCUT2D eigenvalue weighted by Crippen LogP contribution is 2.22. The quantitative estimate of drug-likeness (QED) is 0.934. The van der Waals surface area contributed by atoms with Gasteiger partial charge in [-0.05, 0) is 34.3 Å². The molecule has 80 valence electrons. The van der Waals surface area contributed by atoms with Gasteiger partial charge in [0.25, 0.3) is 0 Å². The number of thiophene rings is 1. The standard InChI is InChI=1S/C10H11BrN2S2/c1-7-13-5-8(15-7)4-12-6-10-9(11)2-3-14-10/h2-3,5,12H,4,6H2,1H3. The highest BCUT2D eigenvalue weighted by atomic mass is 79.9. The van der Waals surface area contributed by atoms with Crippen LogP contribution < -0.4 is 5.32 Å². The maximum absolute atomic E-state index is 4.22. The van der Waals surface area contributed by atoms with Gasteiger partial charge in [-0.25, -0.2) is 4.98 Å². The average molecular weight is 303 g/mol. The van der Waals surface area contributed by atoms with Crippen molar-refractivity contribution in [2.24, 2.45) is 0 Å². The molecular formula is C10H11BrN2S2. The third kappa shape index (κ3) is 3.11. The summed E-state index contributed by atoms with van der Waals surface area (Å²) in [5.74, 6) is 0. The first-order valence-electron chi connectivity index (χ1n) is 4.59. The lowest BCUT2D eigenvalue weighted by atomic mass is 10.4. The number of nitrogens with zero attached hydrogens (tertiary/aromatic N) is 1. The summed E-state index contributed by atoms with van der Waals surface area (Å²) in [5.41, 5.74) is 0. The third-order valence-electron chi connectivity index (χ3n) is 1.94. The van der Waals surface area contributed by atoms with Gasteiger partial charge in [-0.1, -0.05) is 0 Å². The van der Waals surface area contributed by atoms with Crippen LogP contribution in [-0.4, -0.2) is 4.98 Å². The van der Waals surface area contributed by atoms with Gasteiger partial charge in [0.05, 0.1) is 5.01 Å². The van der Waals surface area contributed by atoms with Crippen LogP contribution in [-0.2, 0) is 13.1 Å². The van der Waals surface area contributed by atoms with E-state index in [0.29, 0.717) is 0 Å². The minimum atomic E-state index is 0.899. The summed E-state index contributed by atoms with van der Waals surface area (Å²) in [6.07, 6.45) is 1.94. The second-order valence-corrected chi connectivity index (χ2v) is 6.32. The topological polar surface area (TPSA) is 24.9 Å². The van der Waals surface area contributed by atoms with E-state index in [0.717, 1.165) is 18.1 Å². The van der Waals surface area contributed by atoms with Crippen LogP contribution in [0.1, 0.15) is 14.8 Å². The second-order valence-electron chi connectivity index (χ2n) is 3.14. The number of thiazole rings is 1. The van der Waals surface area contributed by atoms with Gasteiger partial charge >= 0.3 is 0 Å². The summed E-state index contributed by atoms with van der Waals surface area (Å²) < 4.78 is 1.19. The van der Waals surface area contributed by atoms with E-state index in [1.807, 2.05) is 13.1 Å². The van der Waals surface area contributed by atoms with Gasteiger partial charge < -0.3 is 5.32 Å². The van der Waals surface area contributed by atoms with Crippen molar-refractivity contribution in [3.05, 3.63) is 36.9 Å². The normalized spacial score (nSPS) is 10.8. The summed E-state index contributed by atoms with van der Waals surface area (Å²) in [6, 6.07) is 2.08. The Bertz CT molecular complexity index is 436. The maximum atomic E-state index is 4.22. The van der Waals surface area contributed by atoms with Crippen molar-refractivity contribution in [2.45, 2.75) is 20.0 Å². The largest absolute Gasteiger partial charge is 0.307 e. The molecule has 0 unspecified atom stereocenters. The van der Waals surface area contributed by atoms with Crippen LogP contribution in [0.3, 0.4) is 0 Å². The average Bonchev–Trinajstić information content (AvgIpc) is 2.77. The van der Waals surface area contributed by atoms with E-state index in [2.05, 4.69) is 37.7 Å². The Labute approximate surface area is 106 Å². The summed E-state index contributed by atoms with van der Waals surface area (Å²) in [7, 11) is 0. The molecule has 0 aliphatic carbocycles. The number of hydrogen-bond acceptors (Lipinski definition) is 4. The number of aromatic nitrogens is 1. The molecule has 0 aliphatic heterocycles. The van der Waals surface area contributed by atoms with Crippen molar-refractivity contribution in [2.75, 3.05) is 0 Å². The minimum Gasteiger partial charge on any atom is -0.307 e. The fourth-order valence-corrected chi connectivity index (χ4v) is 3.46. The molecular weight excluding hydrogens is 292 g/mol. The van der Waals surface area contributed by atoms with Crippen LogP contribution in [0.4, 0.5) is 0 Å². The fourth-order valence-electron chi connectivity index (χ4n) is 1.24. The molecule has 0 amide bonds. The van der Waals surface area contributed by atoms with E-state index in [9.17, 15) is 0 Å². The Balaban J connectivity index is 1.83. The van der Waals surface area contributed by atoms with Crippen LogP contribution in [0.25, 0.3) is 0 Å². The second kappa shape index (κ2) is 5.21. The van der Waals surface area contributed by atoms with E-state index < -0.39 is 0 Å². The minimum absolute atomic E-state index is 0.899. The van der Waals surface area contributed by atoms with Crippen molar-refractivity contribution in [1.29, 1.82) is 0 Å². The van der Waals surface area contributed by atoms with Gasteiger partial charge in [-0.15, -0.1) is 22.7 Å². The Hall–Kier alpha value is -0.230. The Kier molecular flexibility index (Phi) is 3.91. The molecule has 2 heterocycles. The smallest absolute Gasteiger partial charge is 0.0897 e. The molecule has 1 N–H and O–H groups in total. The molecule has 15 heavy (non-hydrogen) atoms. The van der Waals surface area contributed by atoms with E-state index in [1.165, 1.54) is 14.2 Å². The SMILES string of the molecule is Cc1ncc(CNCc2sccc2Br)s1. The van der Waals surface area contributed by atoms with Crippen molar-refractivity contribution < 1.29 is 0 Å². The predicted molar refractivity (Wildman–Crippen MR) is 69.4 cm³/mol. The van der Waals surface area contributed by atoms with Crippen molar-refractivity contribution in [3.63, 3.8) is 0 Å². The van der Waals surface area contributed by atoms with Crippen molar-refractivity contribution in [1.82, 2.24) is 10.3 Å². The first-order chi connectivity index (χ1) is 7.25. The molecule has 0 fully saturated rings. The monoisotopic (exact) mass is 302 g/mol. The fraction of sp³-hybridized carbons (Fsp3) is 0.300. The highest BCUT2D eigenvalue weighted by Gasteiger charge is 2.01. The number of halogens is 1. The predicted octanol–water partition coefficient (Wildman–Crippen LogP) is 3.57. The summed E-state index contributed by atoms with van der Waals surface area (Å²) in [5, 5.41) is 6.63. The molecule has 2 nitrogen and oxygen atoms in total. The van der Waals surface area contributed by atoms with E-state index in [4.69, 9.17) is 0 Å². The van der Waals surface area contributed by atoms with Gasteiger partial charge in [-0.3, -0.25) is 0 Å². The Morgan fingerprint density at radius 3 is 2.93 bits per heavy atom.